The summed E-state index contributed by atoms with van der Waals surface area (Å²) in [6, 6.07) is 4.61. The molecule has 3 aromatic rings. The largest absolute Gasteiger partial charge is 0.373 e. The number of benzene rings is 1. The summed E-state index contributed by atoms with van der Waals surface area (Å²) in [6.45, 7) is 6.45. The van der Waals surface area contributed by atoms with Gasteiger partial charge in [0.1, 0.15) is 11.8 Å². The Morgan fingerprint density at radius 3 is 2.70 bits per heavy atom. The molecule has 0 aliphatic heterocycles. The van der Waals surface area contributed by atoms with Gasteiger partial charge in [-0.3, -0.25) is 0 Å². The van der Waals surface area contributed by atoms with E-state index in [0.29, 0.717) is 35.2 Å². The fraction of sp³-hybridized carbons (Fsp3) is 0.353. The van der Waals surface area contributed by atoms with Gasteiger partial charge in [-0.2, -0.15) is 0 Å². The zero-order valence-corrected chi connectivity index (χ0v) is 16.1. The van der Waals surface area contributed by atoms with Gasteiger partial charge >= 0.3 is 0 Å². The molecule has 9 nitrogen and oxygen atoms in total. The van der Waals surface area contributed by atoms with Crippen molar-refractivity contribution in [2.75, 3.05) is 5.32 Å². The van der Waals surface area contributed by atoms with Gasteiger partial charge < -0.3 is 15.0 Å². The van der Waals surface area contributed by atoms with Crippen LogP contribution in [0.1, 0.15) is 26.3 Å². The first-order valence-corrected chi connectivity index (χ1v) is 9.98. The highest BCUT2D eigenvalue weighted by molar-refractivity contribution is 7.89. The molecule has 1 unspecified atom stereocenters. The van der Waals surface area contributed by atoms with Crippen molar-refractivity contribution in [1.29, 1.82) is 0 Å². The lowest BCUT2D eigenvalue weighted by atomic mass is 10.1. The summed E-state index contributed by atoms with van der Waals surface area (Å²) in [6.07, 6.45) is 2.94. The number of ether oxygens (including phenoxy) is 1. The van der Waals surface area contributed by atoms with Crippen molar-refractivity contribution in [1.82, 2.24) is 19.9 Å². The van der Waals surface area contributed by atoms with Crippen LogP contribution in [0.5, 0.6) is 0 Å². The quantitative estimate of drug-likeness (QED) is 0.563. The fourth-order valence-corrected chi connectivity index (χ4v) is 2.92. The third kappa shape index (κ3) is 4.41. The molecule has 0 saturated heterocycles. The molecule has 0 radical (unpaired) electrons. The van der Waals surface area contributed by atoms with E-state index in [-0.39, 0.29) is 11.0 Å². The minimum absolute atomic E-state index is 0.000527. The Balaban J connectivity index is 1.98. The van der Waals surface area contributed by atoms with Crippen LogP contribution in [0.4, 0.5) is 11.5 Å². The first-order valence-electron chi connectivity index (χ1n) is 8.44. The molecular formula is C17H22N6O3S. The number of nitrogens with two attached hydrogens (primary N) is 1. The second-order valence-corrected chi connectivity index (χ2v) is 8.13. The van der Waals surface area contributed by atoms with Gasteiger partial charge in [-0.15, -0.1) is 0 Å². The zero-order chi connectivity index (χ0) is 19.6. The summed E-state index contributed by atoms with van der Waals surface area (Å²) in [5.74, 6) is 0.832. The zero-order valence-electron chi connectivity index (χ0n) is 15.3. The van der Waals surface area contributed by atoms with Crippen molar-refractivity contribution in [3.05, 3.63) is 36.4 Å². The molecule has 0 saturated carbocycles. The van der Waals surface area contributed by atoms with E-state index in [1.54, 1.807) is 6.07 Å². The molecule has 10 heteroatoms. The molecule has 4 N–H and O–H groups in total. The normalized spacial score (nSPS) is 13.2. The van der Waals surface area contributed by atoms with E-state index in [0.717, 1.165) is 5.56 Å². The molecule has 0 amide bonds. The monoisotopic (exact) mass is 390 g/mol. The molecule has 0 aliphatic carbocycles. The standard InChI is InChI=1S/C17H22N6O3S/c1-10(2)11(3)26-7-12-4-5-13(27(18,24)25)6-14(12)23-17-15-16(20-8-19-15)21-9-22-17/h4-6,8-11H,7H2,1-3H3,(H2,18,24,25)(H2,19,20,21,22,23). The molecular weight excluding hydrogens is 368 g/mol. The van der Waals surface area contributed by atoms with Crippen LogP contribution in [0, 0.1) is 5.92 Å². The summed E-state index contributed by atoms with van der Waals surface area (Å²) in [5, 5.41) is 8.42. The highest BCUT2D eigenvalue weighted by Crippen LogP contribution is 2.27. The number of fused-ring (bicyclic) bond motifs is 1. The van der Waals surface area contributed by atoms with Crippen molar-refractivity contribution >= 4 is 32.7 Å². The Morgan fingerprint density at radius 1 is 1.22 bits per heavy atom. The van der Waals surface area contributed by atoms with E-state index >= 15 is 0 Å². The average molecular weight is 390 g/mol. The molecule has 0 fully saturated rings. The number of sulfonamides is 1. The second-order valence-electron chi connectivity index (χ2n) is 6.57. The predicted octanol–water partition coefficient (Wildman–Crippen LogP) is 2.30. The van der Waals surface area contributed by atoms with Crippen LogP contribution in [0.25, 0.3) is 11.2 Å². The smallest absolute Gasteiger partial charge is 0.238 e. The maximum absolute atomic E-state index is 11.8. The lowest BCUT2D eigenvalue weighted by Gasteiger charge is -2.19. The number of aromatic nitrogens is 4. The number of imidazole rings is 1. The first-order chi connectivity index (χ1) is 12.8. The van der Waals surface area contributed by atoms with E-state index in [1.165, 1.54) is 24.8 Å². The molecule has 144 valence electrons. The van der Waals surface area contributed by atoms with Crippen LogP contribution in [0.2, 0.25) is 0 Å². The number of anilines is 2. The van der Waals surface area contributed by atoms with Gasteiger partial charge in [0, 0.05) is 11.3 Å². The molecule has 1 aromatic carbocycles. The van der Waals surface area contributed by atoms with Crippen molar-refractivity contribution in [2.45, 2.75) is 38.4 Å². The van der Waals surface area contributed by atoms with Crippen LogP contribution in [0.15, 0.2) is 35.7 Å². The summed E-state index contributed by atoms with van der Waals surface area (Å²) in [4.78, 5) is 15.3. The fourth-order valence-electron chi connectivity index (χ4n) is 2.38. The number of nitrogens with zero attached hydrogens (tertiary/aromatic N) is 3. The summed E-state index contributed by atoms with van der Waals surface area (Å²) < 4.78 is 29.4. The average Bonchev–Trinajstić information content (AvgIpc) is 3.09. The Hall–Kier alpha value is -2.56. The van der Waals surface area contributed by atoms with Crippen molar-refractivity contribution in [3.8, 4) is 0 Å². The van der Waals surface area contributed by atoms with Crippen LogP contribution < -0.4 is 10.5 Å². The SMILES string of the molecule is CC(C)C(C)OCc1ccc(S(N)(=O)=O)cc1Nc1ncnc2nc[nH]c12. The minimum atomic E-state index is -3.84. The van der Waals surface area contributed by atoms with Crippen LogP contribution >= 0.6 is 0 Å². The van der Waals surface area contributed by atoms with Crippen molar-refractivity contribution < 1.29 is 13.2 Å². The van der Waals surface area contributed by atoms with Crippen LogP contribution in [0.3, 0.4) is 0 Å². The number of rotatable bonds is 7. The predicted molar refractivity (Wildman–Crippen MR) is 102 cm³/mol. The van der Waals surface area contributed by atoms with Crippen LogP contribution in [-0.4, -0.2) is 34.5 Å². The van der Waals surface area contributed by atoms with Gasteiger partial charge in [0.2, 0.25) is 10.0 Å². The van der Waals surface area contributed by atoms with E-state index in [9.17, 15) is 8.42 Å². The molecule has 27 heavy (non-hydrogen) atoms. The van der Waals surface area contributed by atoms with Gasteiger partial charge in [0.05, 0.1) is 23.9 Å². The molecule has 2 aromatic heterocycles. The van der Waals surface area contributed by atoms with Gasteiger partial charge in [-0.05, 0) is 25.0 Å². The number of primary sulfonamides is 1. The van der Waals surface area contributed by atoms with Gasteiger partial charge in [-0.1, -0.05) is 19.9 Å². The summed E-state index contributed by atoms with van der Waals surface area (Å²) in [5.41, 5.74) is 2.43. The Bertz CT molecular complexity index is 1050. The number of aromatic amines is 1. The molecule has 0 spiro atoms. The van der Waals surface area contributed by atoms with E-state index in [1.807, 2.05) is 6.92 Å². The maximum Gasteiger partial charge on any atom is 0.238 e. The molecule has 2 heterocycles. The number of H-pyrrole nitrogens is 1. The Kier molecular flexibility index (Phi) is 5.40. The Labute approximate surface area is 157 Å². The highest BCUT2D eigenvalue weighted by atomic mass is 32.2. The van der Waals surface area contributed by atoms with E-state index in [2.05, 4.69) is 39.1 Å². The van der Waals surface area contributed by atoms with Crippen LogP contribution in [-0.2, 0) is 21.4 Å². The van der Waals surface area contributed by atoms with E-state index in [4.69, 9.17) is 9.88 Å². The first kappa shape index (κ1) is 19.2. The topological polar surface area (TPSA) is 136 Å². The van der Waals surface area contributed by atoms with Gasteiger partial charge in [-0.25, -0.2) is 28.5 Å². The Morgan fingerprint density at radius 2 is 2.00 bits per heavy atom. The maximum atomic E-state index is 11.8. The summed E-state index contributed by atoms with van der Waals surface area (Å²) >= 11 is 0. The number of hydrogen-bond acceptors (Lipinski definition) is 7. The van der Waals surface area contributed by atoms with Gasteiger partial charge in [0.25, 0.3) is 0 Å². The van der Waals surface area contributed by atoms with Crippen molar-refractivity contribution in [3.63, 3.8) is 0 Å². The molecule has 0 aliphatic rings. The summed E-state index contributed by atoms with van der Waals surface area (Å²) in [7, 11) is -3.84. The molecule has 1 atom stereocenters. The molecule has 0 bridgehead atoms. The van der Waals surface area contributed by atoms with Gasteiger partial charge in [0.15, 0.2) is 11.5 Å². The van der Waals surface area contributed by atoms with E-state index < -0.39 is 10.0 Å². The van der Waals surface area contributed by atoms with Crippen molar-refractivity contribution in [2.24, 2.45) is 11.1 Å². The lowest BCUT2D eigenvalue weighted by Crippen LogP contribution is -2.16. The lowest BCUT2D eigenvalue weighted by molar-refractivity contribution is 0.0238. The number of nitrogens with one attached hydrogen (secondary N) is 2. The molecule has 3 rings (SSSR count). The third-order valence-electron chi connectivity index (χ3n) is 4.33. The highest BCUT2D eigenvalue weighted by Gasteiger charge is 2.15. The minimum Gasteiger partial charge on any atom is -0.373 e. The number of hydrogen-bond donors (Lipinski definition) is 3. The second kappa shape index (κ2) is 7.59. The third-order valence-corrected chi connectivity index (χ3v) is 5.24.